The van der Waals surface area contributed by atoms with E-state index in [1.54, 1.807) is 0 Å². The predicted octanol–water partition coefficient (Wildman–Crippen LogP) is 2.68. The van der Waals surface area contributed by atoms with Crippen LogP contribution in [-0.4, -0.2) is 31.3 Å². The van der Waals surface area contributed by atoms with Gasteiger partial charge >= 0.3 is 0 Å². The molecule has 19 heavy (non-hydrogen) atoms. The van der Waals surface area contributed by atoms with Crippen molar-refractivity contribution in [2.24, 2.45) is 0 Å². The van der Waals surface area contributed by atoms with E-state index in [-0.39, 0.29) is 0 Å². The van der Waals surface area contributed by atoms with Gasteiger partial charge in [-0.3, -0.25) is 0 Å². The topological polar surface area (TPSA) is 69.4 Å². The molecule has 0 atom stereocenters. The third kappa shape index (κ3) is 6.29. The highest BCUT2D eigenvalue weighted by Gasteiger charge is 2.03. The highest BCUT2D eigenvalue weighted by atomic mass is 16.5. The Morgan fingerprint density at radius 2 is 1.95 bits per heavy atom. The summed E-state index contributed by atoms with van der Waals surface area (Å²) >= 11 is 0. The summed E-state index contributed by atoms with van der Waals surface area (Å²) in [7, 11) is 0. The van der Waals surface area contributed by atoms with Crippen molar-refractivity contribution in [2.45, 2.75) is 33.1 Å². The first-order valence-electron chi connectivity index (χ1n) is 6.98. The van der Waals surface area contributed by atoms with E-state index in [0.717, 1.165) is 44.8 Å². The van der Waals surface area contributed by atoms with E-state index in [4.69, 9.17) is 15.2 Å². The third-order valence-corrected chi connectivity index (χ3v) is 2.45. The number of pyridine rings is 1. The number of nitrogen functional groups attached to an aromatic ring is 1. The Labute approximate surface area is 115 Å². The van der Waals surface area contributed by atoms with E-state index < -0.39 is 0 Å². The second-order valence-electron chi connectivity index (χ2n) is 4.33. The quantitative estimate of drug-likeness (QED) is 0.638. The number of nitrogens with zero attached hydrogens (tertiary/aromatic N) is 1. The summed E-state index contributed by atoms with van der Waals surface area (Å²) in [4.78, 5) is 4.34. The summed E-state index contributed by atoms with van der Waals surface area (Å²) in [6.45, 7) is 7.21. The smallest absolute Gasteiger partial charge is 0.239 e. The van der Waals surface area contributed by atoms with Crippen LogP contribution in [0.3, 0.4) is 0 Å². The normalized spacial score (nSPS) is 10.4. The van der Waals surface area contributed by atoms with Crippen LogP contribution < -0.4 is 15.8 Å². The predicted molar refractivity (Wildman–Crippen MR) is 78.7 cm³/mol. The van der Waals surface area contributed by atoms with E-state index in [9.17, 15) is 0 Å². The van der Waals surface area contributed by atoms with Crippen LogP contribution in [0.25, 0.3) is 0 Å². The van der Waals surface area contributed by atoms with Gasteiger partial charge in [-0.2, -0.15) is 4.98 Å². The van der Waals surface area contributed by atoms with Crippen LogP contribution in [0.2, 0.25) is 0 Å². The van der Waals surface area contributed by atoms with E-state index in [1.807, 2.05) is 12.1 Å². The molecule has 0 unspecified atom stereocenters. The maximum absolute atomic E-state index is 5.80. The molecule has 3 N–H and O–H groups in total. The number of nitrogens with two attached hydrogens (primary N) is 1. The molecule has 0 amide bonds. The number of rotatable bonds is 10. The second kappa shape index (κ2) is 9.44. The van der Waals surface area contributed by atoms with Gasteiger partial charge in [0.15, 0.2) is 0 Å². The molecule has 1 aromatic heterocycles. The molecular weight excluding hydrogens is 242 g/mol. The van der Waals surface area contributed by atoms with E-state index in [0.29, 0.717) is 18.2 Å². The van der Waals surface area contributed by atoms with Gasteiger partial charge in [-0.15, -0.1) is 0 Å². The molecule has 0 saturated heterocycles. The Balaban J connectivity index is 2.33. The van der Waals surface area contributed by atoms with Crippen molar-refractivity contribution in [2.75, 3.05) is 37.4 Å². The van der Waals surface area contributed by atoms with Gasteiger partial charge in [-0.25, -0.2) is 0 Å². The highest BCUT2D eigenvalue weighted by molar-refractivity contribution is 5.53. The first-order valence-corrected chi connectivity index (χ1v) is 6.98. The summed E-state index contributed by atoms with van der Waals surface area (Å²) < 4.78 is 10.9. The fourth-order valence-corrected chi connectivity index (χ4v) is 1.50. The standard InChI is InChI=1S/C14H25N3O2/c1-3-9-18-11-5-8-16-13-7-6-12(15)14(17-13)19-10-4-2/h6-7H,3-5,8-11,15H2,1-2H3,(H,16,17). The van der Waals surface area contributed by atoms with Crippen molar-refractivity contribution in [3.05, 3.63) is 12.1 Å². The van der Waals surface area contributed by atoms with Gasteiger partial charge in [-0.1, -0.05) is 13.8 Å². The number of hydrogen-bond acceptors (Lipinski definition) is 5. The SMILES string of the molecule is CCCOCCCNc1ccc(N)c(OCCC)n1. The van der Waals surface area contributed by atoms with Crippen molar-refractivity contribution in [3.63, 3.8) is 0 Å². The van der Waals surface area contributed by atoms with Gasteiger partial charge in [-0.05, 0) is 31.4 Å². The molecule has 0 saturated carbocycles. The van der Waals surface area contributed by atoms with Gasteiger partial charge in [0.05, 0.1) is 12.3 Å². The number of ether oxygens (including phenoxy) is 2. The molecule has 1 rings (SSSR count). The zero-order valence-electron chi connectivity index (χ0n) is 11.9. The van der Waals surface area contributed by atoms with Crippen LogP contribution in [0.15, 0.2) is 12.1 Å². The average molecular weight is 267 g/mol. The maximum atomic E-state index is 5.80. The monoisotopic (exact) mass is 267 g/mol. The minimum atomic E-state index is 0.508. The van der Waals surface area contributed by atoms with Crippen molar-refractivity contribution < 1.29 is 9.47 Å². The molecule has 5 heteroatoms. The maximum Gasteiger partial charge on any atom is 0.239 e. The molecule has 0 aliphatic heterocycles. The molecule has 0 spiro atoms. The Morgan fingerprint density at radius 3 is 2.68 bits per heavy atom. The Hall–Kier alpha value is -1.49. The zero-order valence-corrected chi connectivity index (χ0v) is 11.9. The number of nitrogens with one attached hydrogen (secondary N) is 1. The van der Waals surface area contributed by atoms with Crippen LogP contribution in [0.1, 0.15) is 33.1 Å². The summed E-state index contributed by atoms with van der Waals surface area (Å²) in [6, 6.07) is 3.68. The molecular formula is C14H25N3O2. The van der Waals surface area contributed by atoms with Crippen molar-refractivity contribution in [1.29, 1.82) is 0 Å². The van der Waals surface area contributed by atoms with Crippen LogP contribution in [0, 0.1) is 0 Å². The van der Waals surface area contributed by atoms with Crippen LogP contribution in [-0.2, 0) is 4.74 Å². The molecule has 108 valence electrons. The molecule has 1 aromatic rings. The number of aromatic nitrogens is 1. The van der Waals surface area contributed by atoms with Crippen molar-refractivity contribution >= 4 is 11.5 Å². The van der Waals surface area contributed by atoms with E-state index >= 15 is 0 Å². The van der Waals surface area contributed by atoms with E-state index in [2.05, 4.69) is 24.1 Å². The molecule has 0 aliphatic rings. The minimum Gasteiger partial charge on any atom is -0.476 e. The number of hydrogen-bond donors (Lipinski definition) is 2. The van der Waals surface area contributed by atoms with Crippen molar-refractivity contribution in [1.82, 2.24) is 4.98 Å². The highest BCUT2D eigenvalue weighted by Crippen LogP contribution is 2.20. The lowest BCUT2D eigenvalue weighted by molar-refractivity contribution is 0.134. The van der Waals surface area contributed by atoms with Gasteiger partial charge in [0.25, 0.3) is 0 Å². The molecule has 0 radical (unpaired) electrons. The first kappa shape index (κ1) is 15.6. The van der Waals surface area contributed by atoms with Gasteiger partial charge in [0.1, 0.15) is 5.82 Å². The van der Waals surface area contributed by atoms with Crippen LogP contribution in [0.4, 0.5) is 11.5 Å². The lowest BCUT2D eigenvalue weighted by Crippen LogP contribution is -2.09. The summed E-state index contributed by atoms with van der Waals surface area (Å²) in [5.74, 6) is 1.30. The molecule has 0 fully saturated rings. The van der Waals surface area contributed by atoms with Crippen molar-refractivity contribution in [3.8, 4) is 5.88 Å². The zero-order chi connectivity index (χ0) is 13.9. The average Bonchev–Trinajstić information content (AvgIpc) is 2.43. The number of anilines is 2. The largest absolute Gasteiger partial charge is 0.476 e. The molecule has 0 aromatic carbocycles. The summed E-state index contributed by atoms with van der Waals surface area (Å²) in [5, 5.41) is 3.24. The third-order valence-electron chi connectivity index (χ3n) is 2.45. The van der Waals surface area contributed by atoms with Crippen LogP contribution in [0.5, 0.6) is 5.88 Å². The fourth-order valence-electron chi connectivity index (χ4n) is 1.50. The summed E-state index contributed by atoms with van der Waals surface area (Å²) in [6.07, 6.45) is 2.95. The first-order chi connectivity index (χ1) is 9.27. The second-order valence-corrected chi connectivity index (χ2v) is 4.33. The molecule has 5 nitrogen and oxygen atoms in total. The lowest BCUT2D eigenvalue weighted by atomic mass is 10.3. The Bertz CT molecular complexity index is 359. The van der Waals surface area contributed by atoms with Crippen LogP contribution >= 0.6 is 0 Å². The Kier molecular flexibility index (Phi) is 7.74. The van der Waals surface area contributed by atoms with Gasteiger partial charge < -0.3 is 20.5 Å². The summed E-state index contributed by atoms with van der Waals surface area (Å²) in [5.41, 5.74) is 6.38. The fraction of sp³-hybridized carbons (Fsp3) is 0.643. The minimum absolute atomic E-state index is 0.508. The van der Waals surface area contributed by atoms with Gasteiger partial charge in [0.2, 0.25) is 5.88 Å². The molecule has 0 aliphatic carbocycles. The lowest BCUT2D eigenvalue weighted by Gasteiger charge is -2.10. The Morgan fingerprint density at radius 1 is 1.16 bits per heavy atom. The van der Waals surface area contributed by atoms with E-state index in [1.165, 1.54) is 0 Å². The molecule has 0 bridgehead atoms. The van der Waals surface area contributed by atoms with Gasteiger partial charge in [0, 0.05) is 19.8 Å². The molecule has 1 heterocycles.